The molecule has 0 radical (unpaired) electrons. The summed E-state index contributed by atoms with van der Waals surface area (Å²) in [7, 11) is -3.61. The summed E-state index contributed by atoms with van der Waals surface area (Å²) in [5, 5.41) is 1.19. The zero-order chi connectivity index (χ0) is 21.1. The van der Waals surface area contributed by atoms with E-state index in [0.29, 0.717) is 17.9 Å². The Bertz CT molecular complexity index is 1160. The van der Waals surface area contributed by atoms with Gasteiger partial charge in [0.1, 0.15) is 0 Å². The lowest BCUT2D eigenvalue weighted by atomic mass is 10.0. The van der Waals surface area contributed by atoms with Crippen molar-refractivity contribution in [2.45, 2.75) is 57.3 Å². The topological polar surface area (TPSA) is 53.2 Å². The summed E-state index contributed by atoms with van der Waals surface area (Å²) >= 11 is 0. The van der Waals surface area contributed by atoms with Crippen LogP contribution in [0.5, 0.6) is 0 Å². The molecule has 158 valence electrons. The Balaban J connectivity index is 1.75. The van der Waals surface area contributed by atoms with Gasteiger partial charge in [-0.15, -0.1) is 0 Å². The number of H-pyrrole nitrogens is 1. The van der Waals surface area contributed by atoms with Crippen molar-refractivity contribution in [2.24, 2.45) is 0 Å². The normalized spacial score (nSPS) is 15.7. The Morgan fingerprint density at radius 1 is 1.03 bits per heavy atom. The van der Waals surface area contributed by atoms with Crippen molar-refractivity contribution in [3.63, 3.8) is 0 Å². The van der Waals surface area contributed by atoms with Crippen LogP contribution < -0.4 is 0 Å². The van der Waals surface area contributed by atoms with Gasteiger partial charge in [0, 0.05) is 17.4 Å². The fourth-order valence-electron chi connectivity index (χ4n) is 4.24. The van der Waals surface area contributed by atoms with Crippen LogP contribution in [-0.4, -0.2) is 24.3 Å². The molecule has 0 spiro atoms. The van der Waals surface area contributed by atoms with Crippen LogP contribution in [0.3, 0.4) is 0 Å². The minimum absolute atomic E-state index is 0.351. The summed E-state index contributed by atoms with van der Waals surface area (Å²) < 4.78 is 28.7. The molecule has 2 heterocycles. The fourth-order valence-corrected chi connectivity index (χ4v) is 5.73. The van der Waals surface area contributed by atoms with E-state index in [9.17, 15) is 8.42 Å². The van der Waals surface area contributed by atoms with Crippen molar-refractivity contribution in [1.29, 1.82) is 0 Å². The van der Waals surface area contributed by atoms with Gasteiger partial charge < -0.3 is 4.98 Å². The van der Waals surface area contributed by atoms with E-state index in [2.05, 4.69) is 30.1 Å². The van der Waals surface area contributed by atoms with Crippen LogP contribution in [0.15, 0.2) is 59.5 Å². The van der Waals surface area contributed by atoms with Gasteiger partial charge in [-0.25, -0.2) is 8.42 Å². The highest BCUT2D eigenvalue weighted by Gasteiger charge is 2.33. The van der Waals surface area contributed by atoms with Crippen LogP contribution in [0, 0.1) is 6.92 Å². The monoisotopic (exact) mass is 422 g/mol. The molecule has 1 aliphatic heterocycles. The molecule has 30 heavy (non-hydrogen) atoms. The predicted octanol–water partition coefficient (Wildman–Crippen LogP) is 6.03. The van der Waals surface area contributed by atoms with E-state index in [0.717, 1.165) is 35.3 Å². The summed E-state index contributed by atoms with van der Waals surface area (Å²) in [5.74, 6) is 0. The molecule has 0 saturated heterocycles. The fraction of sp³-hybridized carbons (Fsp3) is 0.360. The second kappa shape index (κ2) is 8.68. The van der Waals surface area contributed by atoms with Crippen LogP contribution in [0.1, 0.15) is 55.8 Å². The first kappa shape index (κ1) is 20.7. The van der Waals surface area contributed by atoms with E-state index in [4.69, 9.17) is 0 Å². The van der Waals surface area contributed by atoms with Crippen molar-refractivity contribution in [1.82, 2.24) is 9.29 Å². The second-order valence-corrected chi connectivity index (χ2v) is 9.97. The predicted molar refractivity (Wildman–Crippen MR) is 124 cm³/mol. The molecule has 0 unspecified atom stereocenters. The number of hydrogen-bond donors (Lipinski definition) is 1. The first-order chi connectivity index (χ1) is 14.5. The maximum atomic E-state index is 13.5. The van der Waals surface area contributed by atoms with Crippen molar-refractivity contribution < 1.29 is 8.42 Å². The van der Waals surface area contributed by atoms with Gasteiger partial charge in [0.25, 0.3) is 10.0 Å². The molecule has 0 atom stereocenters. The van der Waals surface area contributed by atoms with E-state index in [1.165, 1.54) is 30.2 Å². The number of nitrogens with one attached hydrogen (secondary N) is 1. The van der Waals surface area contributed by atoms with Gasteiger partial charge >= 0.3 is 0 Å². The van der Waals surface area contributed by atoms with Gasteiger partial charge in [-0.05, 0) is 49.9 Å². The van der Waals surface area contributed by atoms with Crippen LogP contribution in [0.4, 0.5) is 0 Å². The number of para-hydroxylation sites is 1. The molecule has 0 saturated carbocycles. The van der Waals surface area contributed by atoms with Crippen LogP contribution >= 0.6 is 0 Å². The lowest BCUT2D eigenvalue weighted by Crippen LogP contribution is -2.35. The summed E-state index contributed by atoms with van der Waals surface area (Å²) in [6.07, 6.45) is 8.36. The number of rotatable bonds is 7. The maximum Gasteiger partial charge on any atom is 0.264 e. The third-order valence-electron chi connectivity index (χ3n) is 5.91. The highest BCUT2D eigenvalue weighted by molar-refractivity contribution is 7.89. The van der Waals surface area contributed by atoms with Gasteiger partial charge in [0.05, 0.1) is 16.3 Å². The Morgan fingerprint density at radius 3 is 2.57 bits per heavy atom. The van der Waals surface area contributed by atoms with Crippen LogP contribution in [0.2, 0.25) is 0 Å². The molecule has 1 N–H and O–H groups in total. The molecular formula is C25H30N2O2S. The van der Waals surface area contributed by atoms with Crippen molar-refractivity contribution in [3.05, 3.63) is 71.4 Å². The van der Waals surface area contributed by atoms with Gasteiger partial charge in [-0.2, -0.15) is 0 Å². The summed E-state index contributed by atoms with van der Waals surface area (Å²) in [5.41, 5.74) is 5.09. The molecule has 1 aliphatic rings. The lowest BCUT2D eigenvalue weighted by Gasteiger charge is -2.31. The Morgan fingerprint density at radius 2 is 1.80 bits per heavy atom. The molecular weight excluding hydrogens is 392 g/mol. The van der Waals surface area contributed by atoms with E-state index in [1.807, 2.05) is 31.2 Å². The van der Waals surface area contributed by atoms with Crippen LogP contribution in [-0.2, 0) is 16.4 Å². The van der Waals surface area contributed by atoms with E-state index >= 15 is 0 Å². The number of sulfonamides is 1. The third kappa shape index (κ3) is 3.91. The van der Waals surface area contributed by atoms with Crippen molar-refractivity contribution in [3.8, 4) is 0 Å². The van der Waals surface area contributed by atoms with Crippen LogP contribution in [0.25, 0.3) is 16.6 Å². The number of nitrogens with zero attached hydrogens (tertiary/aromatic N) is 1. The van der Waals surface area contributed by atoms with Gasteiger partial charge in [0.2, 0.25) is 0 Å². The summed E-state index contributed by atoms with van der Waals surface area (Å²) in [6, 6.07) is 15.4. The number of hydrogen-bond acceptors (Lipinski definition) is 2. The minimum Gasteiger partial charge on any atom is -0.353 e. The average molecular weight is 423 g/mol. The Hall–Kier alpha value is -2.53. The summed E-state index contributed by atoms with van der Waals surface area (Å²) in [6.45, 7) is 4.63. The third-order valence-corrected chi connectivity index (χ3v) is 7.74. The molecule has 0 bridgehead atoms. The number of aryl methyl sites for hydroxylation is 1. The molecule has 5 heteroatoms. The standard InChI is InChI=1S/C25H30N2O2S/c1-3-4-5-6-7-12-24-25-22(21-10-8-9-11-23(21)26-25)17-18-27(24)30(28,29)20-15-13-19(2)14-16-20/h8-16,26H,3-7,17-18H2,1-2H3/b24-12-. The van der Waals surface area contributed by atoms with E-state index < -0.39 is 10.0 Å². The first-order valence-corrected chi connectivity index (χ1v) is 12.4. The second-order valence-electron chi connectivity index (χ2n) is 8.10. The number of fused-ring (bicyclic) bond motifs is 3. The number of aromatic amines is 1. The molecule has 0 aliphatic carbocycles. The number of aromatic nitrogens is 1. The van der Waals surface area contributed by atoms with Gasteiger partial charge in [-0.1, -0.05) is 68.2 Å². The highest BCUT2D eigenvalue weighted by Crippen LogP contribution is 2.37. The largest absolute Gasteiger partial charge is 0.353 e. The maximum absolute atomic E-state index is 13.5. The molecule has 4 rings (SSSR count). The van der Waals surface area contributed by atoms with Crippen molar-refractivity contribution in [2.75, 3.05) is 6.54 Å². The molecule has 1 aromatic heterocycles. The van der Waals surface area contributed by atoms with Gasteiger partial charge in [0.15, 0.2) is 0 Å². The molecule has 3 aromatic rings. The van der Waals surface area contributed by atoms with E-state index in [-0.39, 0.29) is 0 Å². The quantitative estimate of drug-likeness (QED) is 0.472. The Labute approximate surface area is 179 Å². The molecule has 0 fully saturated rings. The van der Waals surface area contributed by atoms with Gasteiger partial charge in [-0.3, -0.25) is 4.31 Å². The molecule has 0 amide bonds. The van der Waals surface area contributed by atoms with E-state index in [1.54, 1.807) is 16.4 Å². The first-order valence-electron chi connectivity index (χ1n) is 10.9. The zero-order valence-corrected chi connectivity index (χ0v) is 18.6. The molecule has 4 nitrogen and oxygen atoms in total. The SMILES string of the molecule is CCCCCC/C=C1/c2[nH]c3ccccc3c2CCN1S(=O)(=O)c1ccc(C)cc1. The smallest absolute Gasteiger partial charge is 0.264 e. The highest BCUT2D eigenvalue weighted by atomic mass is 32.2. The lowest BCUT2D eigenvalue weighted by molar-refractivity contribution is 0.501. The zero-order valence-electron chi connectivity index (χ0n) is 17.8. The number of allylic oxidation sites excluding steroid dienone is 1. The average Bonchev–Trinajstić information content (AvgIpc) is 3.13. The minimum atomic E-state index is -3.61. The van der Waals surface area contributed by atoms with Crippen molar-refractivity contribution >= 4 is 26.6 Å². The molecule has 2 aromatic carbocycles. The summed E-state index contributed by atoms with van der Waals surface area (Å²) in [4.78, 5) is 3.86. The Kier molecular flexibility index (Phi) is 6.00. The number of unbranched alkanes of at least 4 members (excludes halogenated alkanes) is 4. The number of benzene rings is 2.